The van der Waals surface area contributed by atoms with Gasteiger partial charge in [-0.15, -0.1) is 11.3 Å². The van der Waals surface area contributed by atoms with E-state index in [1.54, 1.807) is 0 Å². The van der Waals surface area contributed by atoms with E-state index in [0.29, 0.717) is 12.0 Å². The molecule has 1 aliphatic heterocycles. The third-order valence-electron chi connectivity index (χ3n) is 3.36. The Morgan fingerprint density at radius 2 is 2.44 bits per heavy atom. The highest BCUT2D eigenvalue weighted by atomic mass is 32.1. The Kier molecular flexibility index (Phi) is 3.95. The first kappa shape index (κ1) is 12.0. The van der Waals surface area contributed by atoms with Crippen LogP contribution in [0.15, 0.2) is 5.38 Å². The van der Waals surface area contributed by atoms with Gasteiger partial charge in [0.1, 0.15) is 5.01 Å². The highest BCUT2D eigenvalue weighted by Crippen LogP contribution is 2.35. The minimum Gasteiger partial charge on any atom is -0.319 e. The third kappa shape index (κ3) is 2.44. The lowest BCUT2D eigenvalue weighted by Crippen LogP contribution is -2.39. The van der Waals surface area contributed by atoms with Gasteiger partial charge in [0.15, 0.2) is 0 Å². The number of rotatable bonds is 3. The smallest absolute Gasteiger partial charge is 0.110 e. The lowest BCUT2D eigenvalue weighted by Gasteiger charge is -2.38. The molecule has 0 aromatic carbocycles. The fourth-order valence-electron chi connectivity index (χ4n) is 2.63. The zero-order valence-corrected chi connectivity index (χ0v) is 11.2. The maximum Gasteiger partial charge on any atom is 0.110 e. The zero-order valence-electron chi connectivity index (χ0n) is 10.4. The molecule has 0 spiro atoms. The third-order valence-corrected chi connectivity index (χ3v) is 4.40. The molecular weight excluding hydrogens is 218 g/mol. The van der Waals surface area contributed by atoms with Gasteiger partial charge >= 0.3 is 0 Å². The molecule has 0 bridgehead atoms. The number of nitrogens with one attached hydrogen (secondary N) is 1. The van der Waals surface area contributed by atoms with Gasteiger partial charge in [-0.2, -0.15) is 0 Å². The maximum absolute atomic E-state index is 4.67. The van der Waals surface area contributed by atoms with Crippen molar-refractivity contribution in [2.75, 3.05) is 27.2 Å². The molecular formula is C12H21N3S. The molecule has 1 fully saturated rings. The Morgan fingerprint density at radius 3 is 3.06 bits per heavy atom. The van der Waals surface area contributed by atoms with E-state index in [1.165, 1.54) is 24.4 Å². The van der Waals surface area contributed by atoms with Gasteiger partial charge in [0, 0.05) is 11.1 Å². The van der Waals surface area contributed by atoms with Gasteiger partial charge in [0.25, 0.3) is 0 Å². The Labute approximate surface area is 102 Å². The Bertz CT molecular complexity index is 335. The van der Waals surface area contributed by atoms with Crippen molar-refractivity contribution >= 4 is 11.3 Å². The van der Waals surface area contributed by atoms with Gasteiger partial charge in [0.05, 0.1) is 6.04 Å². The SMILES string of the molecule is CNCC1CCCN(C)C1c1nc(C)cs1. The summed E-state index contributed by atoms with van der Waals surface area (Å²) in [7, 11) is 4.27. The zero-order chi connectivity index (χ0) is 11.5. The van der Waals surface area contributed by atoms with Gasteiger partial charge < -0.3 is 5.32 Å². The van der Waals surface area contributed by atoms with E-state index in [1.807, 2.05) is 18.4 Å². The summed E-state index contributed by atoms with van der Waals surface area (Å²) in [6, 6.07) is 0.514. The molecule has 4 heteroatoms. The number of hydrogen-bond donors (Lipinski definition) is 1. The fourth-order valence-corrected chi connectivity index (χ4v) is 3.69. The van der Waals surface area contributed by atoms with E-state index in [9.17, 15) is 0 Å². The van der Waals surface area contributed by atoms with Crippen molar-refractivity contribution in [3.05, 3.63) is 16.1 Å². The van der Waals surface area contributed by atoms with Gasteiger partial charge in [-0.3, -0.25) is 4.90 Å². The molecule has 16 heavy (non-hydrogen) atoms. The summed E-state index contributed by atoms with van der Waals surface area (Å²) in [5, 5.41) is 6.77. The van der Waals surface area contributed by atoms with E-state index in [0.717, 1.165) is 12.2 Å². The summed E-state index contributed by atoms with van der Waals surface area (Å²) in [5.74, 6) is 0.703. The van der Waals surface area contributed by atoms with Crippen LogP contribution in [-0.2, 0) is 0 Å². The number of aromatic nitrogens is 1. The van der Waals surface area contributed by atoms with Crippen molar-refractivity contribution in [3.8, 4) is 0 Å². The molecule has 3 nitrogen and oxygen atoms in total. The largest absolute Gasteiger partial charge is 0.319 e. The lowest BCUT2D eigenvalue weighted by molar-refractivity contribution is 0.120. The molecule has 2 unspecified atom stereocenters. The summed E-state index contributed by atoms with van der Waals surface area (Å²) in [4.78, 5) is 7.13. The number of hydrogen-bond acceptors (Lipinski definition) is 4. The minimum absolute atomic E-state index is 0.514. The summed E-state index contributed by atoms with van der Waals surface area (Å²) in [5.41, 5.74) is 1.15. The topological polar surface area (TPSA) is 28.2 Å². The quantitative estimate of drug-likeness (QED) is 0.875. The first-order valence-electron chi connectivity index (χ1n) is 5.99. The van der Waals surface area contributed by atoms with Crippen molar-refractivity contribution < 1.29 is 0 Å². The van der Waals surface area contributed by atoms with E-state index >= 15 is 0 Å². The Balaban J connectivity index is 2.18. The van der Waals surface area contributed by atoms with Crippen molar-refractivity contribution in [1.82, 2.24) is 15.2 Å². The van der Waals surface area contributed by atoms with Gasteiger partial charge in [-0.1, -0.05) is 0 Å². The predicted molar refractivity (Wildman–Crippen MR) is 68.9 cm³/mol. The van der Waals surface area contributed by atoms with E-state index in [2.05, 4.69) is 34.6 Å². The second kappa shape index (κ2) is 5.25. The lowest BCUT2D eigenvalue weighted by atomic mass is 9.89. The molecule has 0 amide bonds. The number of piperidine rings is 1. The average molecular weight is 239 g/mol. The number of likely N-dealkylation sites (tertiary alicyclic amines) is 1. The molecule has 2 heterocycles. The number of aryl methyl sites for hydroxylation is 1. The molecule has 0 aliphatic carbocycles. The second-order valence-corrected chi connectivity index (χ2v) is 5.60. The average Bonchev–Trinajstić information content (AvgIpc) is 2.65. The molecule has 1 saturated heterocycles. The van der Waals surface area contributed by atoms with Crippen molar-refractivity contribution in [2.24, 2.45) is 5.92 Å². The van der Waals surface area contributed by atoms with Gasteiger partial charge in [-0.25, -0.2) is 4.98 Å². The first-order valence-corrected chi connectivity index (χ1v) is 6.87. The molecule has 1 aromatic heterocycles. The highest BCUT2D eigenvalue weighted by molar-refractivity contribution is 7.09. The van der Waals surface area contributed by atoms with Crippen LogP contribution in [0.4, 0.5) is 0 Å². The number of thiazole rings is 1. The van der Waals surface area contributed by atoms with Crippen LogP contribution in [0.25, 0.3) is 0 Å². The molecule has 2 atom stereocenters. The molecule has 2 rings (SSSR count). The van der Waals surface area contributed by atoms with E-state index in [-0.39, 0.29) is 0 Å². The fraction of sp³-hybridized carbons (Fsp3) is 0.750. The monoisotopic (exact) mass is 239 g/mol. The normalized spacial score (nSPS) is 27.2. The Morgan fingerprint density at radius 1 is 1.62 bits per heavy atom. The van der Waals surface area contributed by atoms with Crippen LogP contribution in [0, 0.1) is 12.8 Å². The van der Waals surface area contributed by atoms with Crippen molar-refractivity contribution in [1.29, 1.82) is 0 Å². The molecule has 1 aromatic rings. The molecule has 90 valence electrons. The van der Waals surface area contributed by atoms with Crippen LogP contribution in [0.3, 0.4) is 0 Å². The molecule has 1 aliphatic rings. The molecule has 0 saturated carbocycles. The van der Waals surface area contributed by atoms with Crippen LogP contribution in [0.2, 0.25) is 0 Å². The maximum atomic E-state index is 4.67. The first-order chi connectivity index (χ1) is 7.72. The standard InChI is InChI=1S/C12H21N3S/c1-9-8-16-12(14-9)11-10(7-13-2)5-4-6-15(11)3/h8,10-11,13H,4-7H2,1-3H3. The van der Waals surface area contributed by atoms with Crippen LogP contribution in [0.5, 0.6) is 0 Å². The van der Waals surface area contributed by atoms with Crippen molar-refractivity contribution in [3.63, 3.8) is 0 Å². The summed E-state index contributed by atoms with van der Waals surface area (Å²) in [6.45, 7) is 4.37. The van der Waals surface area contributed by atoms with Gasteiger partial charge in [-0.05, 0) is 52.9 Å². The van der Waals surface area contributed by atoms with Crippen LogP contribution in [0.1, 0.15) is 29.6 Å². The summed E-state index contributed by atoms with van der Waals surface area (Å²) < 4.78 is 0. The van der Waals surface area contributed by atoms with Crippen molar-refractivity contribution in [2.45, 2.75) is 25.8 Å². The van der Waals surface area contributed by atoms with Crippen LogP contribution in [-0.4, -0.2) is 37.1 Å². The second-order valence-electron chi connectivity index (χ2n) is 4.71. The minimum atomic E-state index is 0.514. The van der Waals surface area contributed by atoms with E-state index < -0.39 is 0 Å². The number of nitrogens with zero attached hydrogens (tertiary/aromatic N) is 2. The van der Waals surface area contributed by atoms with Gasteiger partial charge in [0.2, 0.25) is 0 Å². The van der Waals surface area contributed by atoms with E-state index in [4.69, 9.17) is 0 Å². The van der Waals surface area contributed by atoms with Crippen LogP contribution < -0.4 is 5.32 Å². The predicted octanol–water partition coefficient (Wildman–Crippen LogP) is 2.05. The summed E-state index contributed by atoms with van der Waals surface area (Å²) >= 11 is 1.81. The molecule has 0 radical (unpaired) electrons. The van der Waals surface area contributed by atoms with Crippen LogP contribution >= 0.6 is 11.3 Å². The summed E-state index contributed by atoms with van der Waals surface area (Å²) in [6.07, 6.45) is 2.62. The molecule has 1 N–H and O–H groups in total. The highest BCUT2D eigenvalue weighted by Gasteiger charge is 2.31. The Hall–Kier alpha value is -0.450.